The Hall–Kier alpha value is -1.82. The standard InChI is InChI=1S/C16H21NO4S/c1-5-10-17-11-13(21-15(18)16(2,3)4)12-8-6-7-9-14(12)22(17,19)20/h6-9,11H,5,10H2,1-4H3. The average molecular weight is 323 g/mol. The molecule has 0 fully saturated rings. The molecule has 120 valence electrons. The van der Waals surface area contributed by atoms with Crippen molar-refractivity contribution in [3.05, 3.63) is 36.0 Å². The van der Waals surface area contributed by atoms with Crippen LogP contribution in [-0.2, 0) is 19.6 Å². The van der Waals surface area contributed by atoms with Crippen LogP contribution < -0.4 is 0 Å². The molecule has 0 radical (unpaired) electrons. The van der Waals surface area contributed by atoms with E-state index in [9.17, 15) is 13.2 Å². The number of hydrogen-bond donors (Lipinski definition) is 0. The zero-order chi connectivity index (χ0) is 16.5. The molecule has 22 heavy (non-hydrogen) atoms. The van der Waals surface area contributed by atoms with Crippen LogP contribution in [0.5, 0.6) is 0 Å². The molecule has 0 aromatic heterocycles. The summed E-state index contributed by atoms with van der Waals surface area (Å²) in [6, 6.07) is 6.57. The molecule has 1 aromatic carbocycles. The molecule has 1 aromatic rings. The van der Waals surface area contributed by atoms with Gasteiger partial charge < -0.3 is 4.74 Å². The monoisotopic (exact) mass is 323 g/mol. The summed E-state index contributed by atoms with van der Waals surface area (Å²) in [7, 11) is -3.58. The molecule has 2 rings (SSSR count). The lowest BCUT2D eigenvalue weighted by molar-refractivity contribution is -0.145. The van der Waals surface area contributed by atoms with Crippen molar-refractivity contribution >= 4 is 21.8 Å². The van der Waals surface area contributed by atoms with Crippen molar-refractivity contribution < 1.29 is 17.9 Å². The Kier molecular flexibility index (Phi) is 4.33. The molecule has 0 unspecified atom stereocenters. The number of hydrogen-bond acceptors (Lipinski definition) is 4. The number of rotatable bonds is 3. The van der Waals surface area contributed by atoms with Crippen LogP contribution in [0, 0.1) is 5.41 Å². The summed E-state index contributed by atoms with van der Waals surface area (Å²) in [4.78, 5) is 12.3. The molecular weight excluding hydrogens is 302 g/mol. The number of esters is 1. The van der Waals surface area contributed by atoms with E-state index in [4.69, 9.17) is 4.74 Å². The SMILES string of the molecule is CCCN1C=C(OC(=O)C(C)(C)C)c2ccccc2S1(=O)=O. The fraction of sp³-hybridized carbons (Fsp3) is 0.438. The normalized spacial score (nSPS) is 16.7. The Morgan fingerprint density at radius 1 is 1.23 bits per heavy atom. The fourth-order valence-corrected chi connectivity index (χ4v) is 3.64. The molecule has 0 atom stereocenters. The summed E-state index contributed by atoms with van der Waals surface area (Å²) in [5.41, 5.74) is -0.241. The zero-order valence-electron chi connectivity index (χ0n) is 13.3. The summed E-state index contributed by atoms with van der Waals surface area (Å²) in [6.45, 7) is 7.50. The molecule has 0 aliphatic carbocycles. The fourth-order valence-electron chi connectivity index (χ4n) is 2.03. The zero-order valence-corrected chi connectivity index (χ0v) is 14.1. The van der Waals surface area contributed by atoms with Crippen molar-refractivity contribution in [1.29, 1.82) is 0 Å². The number of benzene rings is 1. The Morgan fingerprint density at radius 3 is 2.45 bits per heavy atom. The van der Waals surface area contributed by atoms with E-state index in [1.54, 1.807) is 39.0 Å². The van der Waals surface area contributed by atoms with Gasteiger partial charge in [-0.25, -0.2) is 8.42 Å². The minimum atomic E-state index is -3.58. The van der Waals surface area contributed by atoms with E-state index in [0.717, 1.165) is 0 Å². The van der Waals surface area contributed by atoms with Gasteiger partial charge in [-0.2, -0.15) is 0 Å². The van der Waals surface area contributed by atoms with Crippen LogP contribution in [0.25, 0.3) is 5.76 Å². The lowest BCUT2D eigenvalue weighted by Crippen LogP contribution is -2.32. The van der Waals surface area contributed by atoms with Gasteiger partial charge in [0.2, 0.25) is 0 Å². The van der Waals surface area contributed by atoms with Crippen LogP contribution in [0.2, 0.25) is 0 Å². The molecule has 0 spiro atoms. The topological polar surface area (TPSA) is 63.7 Å². The summed E-state index contributed by atoms with van der Waals surface area (Å²) in [6.07, 6.45) is 2.07. The van der Waals surface area contributed by atoms with E-state index < -0.39 is 21.4 Å². The molecule has 0 N–H and O–H groups in total. The van der Waals surface area contributed by atoms with Gasteiger partial charge in [-0.1, -0.05) is 19.1 Å². The maximum atomic E-state index is 12.6. The van der Waals surface area contributed by atoms with Crippen LogP contribution in [0.4, 0.5) is 0 Å². The van der Waals surface area contributed by atoms with E-state index >= 15 is 0 Å². The summed E-state index contributed by atoms with van der Waals surface area (Å²) in [5.74, 6) is -0.122. The van der Waals surface area contributed by atoms with E-state index in [1.165, 1.54) is 16.6 Å². The second-order valence-electron chi connectivity index (χ2n) is 6.24. The van der Waals surface area contributed by atoms with Gasteiger partial charge in [-0.05, 0) is 39.3 Å². The van der Waals surface area contributed by atoms with Crippen LogP contribution in [0.1, 0.15) is 39.7 Å². The molecule has 5 nitrogen and oxygen atoms in total. The predicted octanol–water partition coefficient (Wildman–Crippen LogP) is 2.99. The predicted molar refractivity (Wildman–Crippen MR) is 84.1 cm³/mol. The largest absolute Gasteiger partial charge is 0.424 e. The lowest BCUT2D eigenvalue weighted by atomic mass is 9.97. The van der Waals surface area contributed by atoms with Gasteiger partial charge in [-0.3, -0.25) is 9.10 Å². The molecule has 1 heterocycles. The van der Waals surface area contributed by atoms with Gasteiger partial charge in [0, 0.05) is 12.1 Å². The first kappa shape index (κ1) is 16.5. The molecule has 0 amide bonds. The van der Waals surface area contributed by atoms with Crippen molar-refractivity contribution in [2.45, 2.75) is 39.0 Å². The van der Waals surface area contributed by atoms with Gasteiger partial charge in [0.15, 0.2) is 5.76 Å². The molecule has 0 saturated carbocycles. The first-order chi connectivity index (χ1) is 10.2. The van der Waals surface area contributed by atoms with Gasteiger partial charge in [-0.15, -0.1) is 0 Å². The number of ether oxygens (including phenoxy) is 1. The molecule has 0 bridgehead atoms. The highest BCUT2D eigenvalue weighted by Gasteiger charge is 2.33. The van der Waals surface area contributed by atoms with E-state index in [2.05, 4.69) is 0 Å². The van der Waals surface area contributed by atoms with Gasteiger partial charge in [0.05, 0.1) is 16.5 Å². The highest BCUT2D eigenvalue weighted by molar-refractivity contribution is 7.89. The third-order valence-electron chi connectivity index (χ3n) is 3.26. The van der Waals surface area contributed by atoms with Gasteiger partial charge in [0.1, 0.15) is 0 Å². The average Bonchev–Trinajstić information content (AvgIpc) is 2.43. The number of carbonyl (C=O) groups excluding carboxylic acids is 1. The smallest absolute Gasteiger partial charge is 0.316 e. The lowest BCUT2D eigenvalue weighted by Gasteiger charge is -2.28. The molecular formula is C16H21NO4S. The maximum Gasteiger partial charge on any atom is 0.316 e. The number of fused-ring (bicyclic) bond motifs is 1. The van der Waals surface area contributed by atoms with Gasteiger partial charge >= 0.3 is 5.97 Å². The minimum absolute atomic E-state index is 0.169. The summed E-state index contributed by atoms with van der Waals surface area (Å²) >= 11 is 0. The molecule has 1 aliphatic heterocycles. The van der Waals surface area contributed by atoms with Crippen molar-refractivity contribution in [1.82, 2.24) is 4.31 Å². The van der Waals surface area contributed by atoms with Crippen LogP contribution >= 0.6 is 0 Å². The second kappa shape index (κ2) is 5.76. The maximum absolute atomic E-state index is 12.6. The number of sulfonamides is 1. The van der Waals surface area contributed by atoms with E-state index in [-0.39, 0.29) is 10.7 Å². The van der Waals surface area contributed by atoms with Crippen molar-refractivity contribution in [3.8, 4) is 0 Å². The first-order valence-electron chi connectivity index (χ1n) is 7.23. The number of nitrogens with zero attached hydrogens (tertiary/aromatic N) is 1. The van der Waals surface area contributed by atoms with Crippen LogP contribution in [-0.4, -0.2) is 25.2 Å². The van der Waals surface area contributed by atoms with Crippen LogP contribution in [0.15, 0.2) is 35.4 Å². The first-order valence-corrected chi connectivity index (χ1v) is 8.67. The quantitative estimate of drug-likeness (QED) is 0.802. The van der Waals surface area contributed by atoms with Crippen molar-refractivity contribution in [2.75, 3.05) is 6.54 Å². The van der Waals surface area contributed by atoms with Crippen LogP contribution in [0.3, 0.4) is 0 Å². The third kappa shape index (κ3) is 3.02. The van der Waals surface area contributed by atoms with E-state index in [1.807, 2.05) is 6.92 Å². The Bertz CT molecular complexity index is 714. The highest BCUT2D eigenvalue weighted by atomic mass is 32.2. The molecule has 1 aliphatic rings. The van der Waals surface area contributed by atoms with Gasteiger partial charge in [0.25, 0.3) is 10.0 Å². The Labute approximate surface area is 131 Å². The Morgan fingerprint density at radius 2 is 1.86 bits per heavy atom. The molecule has 6 heteroatoms. The highest BCUT2D eigenvalue weighted by Crippen LogP contribution is 2.34. The Balaban J connectivity index is 2.50. The van der Waals surface area contributed by atoms with Crippen molar-refractivity contribution in [3.63, 3.8) is 0 Å². The number of carbonyl (C=O) groups is 1. The third-order valence-corrected chi connectivity index (χ3v) is 5.08. The van der Waals surface area contributed by atoms with Crippen molar-refractivity contribution in [2.24, 2.45) is 5.41 Å². The second-order valence-corrected chi connectivity index (χ2v) is 8.10. The summed E-state index contributed by atoms with van der Waals surface area (Å²) < 4.78 is 31.8. The summed E-state index contributed by atoms with van der Waals surface area (Å²) in [5, 5.41) is 0. The van der Waals surface area contributed by atoms with E-state index in [0.29, 0.717) is 18.5 Å². The minimum Gasteiger partial charge on any atom is -0.424 e. The molecule has 0 saturated heterocycles.